The molecule has 240 valence electrons. The zero-order valence-corrected chi connectivity index (χ0v) is 26.2. The summed E-state index contributed by atoms with van der Waals surface area (Å²) in [6, 6.07) is 17.0. The minimum absolute atomic E-state index is 0.0901. The van der Waals surface area contributed by atoms with Crippen LogP contribution in [-0.4, -0.2) is 69.5 Å². The number of pyridine rings is 1. The smallest absolute Gasteiger partial charge is 0.255 e. The van der Waals surface area contributed by atoms with Gasteiger partial charge in [0.15, 0.2) is 0 Å². The van der Waals surface area contributed by atoms with E-state index in [0.29, 0.717) is 30.9 Å². The van der Waals surface area contributed by atoms with Gasteiger partial charge in [-0.1, -0.05) is 36.9 Å². The number of nitrogens with two attached hydrogens (primary N) is 1. The molecule has 11 nitrogen and oxygen atoms in total. The molecule has 2 saturated heterocycles. The normalized spacial score (nSPS) is 18.3. The van der Waals surface area contributed by atoms with Crippen molar-refractivity contribution in [1.82, 2.24) is 19.7 Å². The Balaban J connectivity index is 1.25. The highest BCUT2D eigenvalue weighted by Gasteiger charge is 2.35. The third-order valence-corrected chi connectivity index (χ3v) is 9.20. The van der Waals surface area contributed by atoms with Crippen LogP contribution in [0.15, 0.2) is 90.9 Å². The molecule has 2 amide bonds. The number of amides is 2. The third kappa shape index (κ3) is 6.26. The molecule has 0 radical (unpaired) electrons. The number of hydrogen-bond acceptors (Lipinski definition) is 8. The predicted octanol–water partition coefficient (Wildman–Crippen LogP) is 5.07. The number of benzene rings is 2. The lowest BCUT2D eigenvalue weighted by molar-refractivity contribution is -0.127. The van der Waals surface area contributed by atoms with Crippen LogP contribution in [0, 0.1) is 0 Å². The molecular weight excluding hydrogens is 592 g/mol. The van der Waals surface area contributed by atoms with Crippen molar-refractivity contribution in [3.05, 3.63) is 103 Å². The number of rotatable bonds is 7. The molecule has 4 aromatic rings. The van der Waals surface area contributed by atoms with Crippen LogP contribution in [-0.2, 0) is 16.0 Å². The monoisotopic (exact) mass is 630 g/mol. The maximum absolute atomic E-state index is 12.9. The van der Waals surface area contributed by atoms with E-state index < -0.39 is 0 Å². The molecule has 0 saturated carbocycles. The van der Waals surface area contributed by atoms with E-state index >= 15 is 0 Å². The molecular formula is C36H38N8O3. The number of hydrazone groups is 1. The van der Waals surface area contributed by atoms with E-state index in [1.54, 1.807) is 0 Å². The maximum atomic E-state index is 12.9. The van der Waals surface area contributed by atoms with Crippen molar-refractivity contribution in [1.29, 1.82) is 0 Å². The number of nitrogen functional groups attached to an aromatic ring is 1. The van der Waals surface area contributed by atoms with Gasteiger partial charge in [0, 0.05) is 73.1 Å². The van der Waals surface area contributed by atoms with Gasteiger partial charge in [-0.2, -0.15) is 10.2 Å². The summed E-state index contributed by atoms with van der Waals surface area (Å²) in [6.07, 6.45) is 11.1. The Bertz CT molecular complexity index is 1810. The number of carbonyl (C=O) groups is 2. The minimum atomic E-state index is -0.186. The van der Waals surface area contributed by atoms with E-state index in [1.807, 2.05) is 81.6 Å². The first kappa shape index (κ1) is 30.4. The average molecular weight is 631 g/mol. The van der Waals surface area contributed by atoms with Gasteiger partial charge < -0.3 is 20.7 Å². The van der Waals surface area contributed by atoms with Crippen LogP contribution in [0.3, 0.4) is 0 Å². The standard InChI is InChI=1S/C36H38N8O3/c1-2-33(45)42-16-6-9-29(23-42)44-34-30(35(37)38-21-31(34)26-20-39-43(22-26)28-14-17-47-18-15-28)19-32(41-44)24-10-12-25(13-11-24)36(46)40-27-7-4-3-5-8-27/h2-5,7-8,10-13,20-22,28-29H,1,6,9,14-19,23H2,(H2,37,38)(H,40,46)/t29-/m1/s1. The summed E-state index contributed by atoms with van der Waals surface area (Å²) in [4.78, 5) is 32.1. The zero-order chi connectivity index (χ0) is 32.3. The highest BCUT2D eigenvalue weighted by Crippen LogP contribution is 2.42. The Morgan fingerprint density at radius 2 is 1.77 bits per heavy atom. The fourth-order valence-electron chi connectivity index (χ4n) is 6.66. The van der Waals surface area contributed by atoms with E-state index in [1.165, 1.54) is 6.08 Å². The zero-order valence-electron chi connectivity index (χ0n) is 26.2. The number of ether oxygens (including phenoxy) is 1. The molecule has 2 aromatic heterocycles. The van der Waals surface area contributed by atoms with Gasteiger partial charge in [0.25, 0.3) is 5.91 Å². The number of anilines is 3. The molecule has 2 aromatic carbocycles. The first-order valence-electron chi connectivity index (χ1n) is 16.1. The molecule has 47 heavy (non-hydrogen) atoms. The predicted molar refractivity (Wildman–Crippen MR) is 182 cm³/mol. The van der Waals surface area contributed by atoms with Crippen molar-refractivity contribution in [2.45, 2.75) is 44.2 Å². The molecule has 0 spiro atoms. The van der Waals surface area contributed by atoms with Crippen molar-refractivity contribution in [3.63, 3.8) is 0 Å². The lowest BCUT2D eigenvalue weighted by Crippen LogP contribution is -2.49. The highest BCUT2D eigenvalue weighted by molar-refractivity contribution is 6.08. The average Bonchev–Trinajstić information content (AvgIpc) is 3.62. The van der Waals surface area contributed by atoms with Gasteiger partial charge in [0.05, 0.1) is 29.7 Å². The summed E-state index contributed by atoms with van der Waals surface area (Å²) in [5.74, 6) is 0.160. The fraction of sp³-hybridized carbons (Fsp3) is 0.306. The molecule has 5 heterocycles. The van der Waals surface area contributed by atoms with Gasteiger partial charge in [-0.15, -0.1) is 0 Å². The van der Waals surface area contributed by atoms with Crippen molar-refractivity contribution in [2.24, 2.45) is 5.10 Å². The summed E-state index contributed by atoms with van der Waals surface area (Å²) in [7, 11) is 0. The molecule has 2 fully saturated rings. The minimum Gasteiger partial charge on any atom is -0.383 e. The van der Waals surface area contributed by atoms with E-state index in [2.05, 4.69) is 23.1 Å². The number of para-hydroxylation sites is 1. The molecule has 11 heteroatoms. The molecule has 7 rings (SSSR count). The molecule has 0 aliphatic carbocycles. The van der Waals surface area contributed by atoms with Gasteiger partial charge in [-0.05, 0) is 61.6 Å². The van der Waals surface area contributed by atoms with E-state index in [9.17, 15) is 9.59 Å². The largest absolute Gasteiger partial charge is 0.383 e. The molecule has 0 bridgehead atoms. The van der Waals surface area contributed by atoms with Gasteiger partial charge in [-0.3, -0.25) is 19.3 Å². The summed E-state index contributed by atoms with van der Waals surface area (Å²) in [5.41, 5.74) is 13.2. The number of carbonyl (C=O) groups excluding carboxylic acids is 2. The number of hydrogen-bond donors (Lipinski definition) is 2. The second-order valence-corrected chi connectivity index (χ2v) is 12.2. The lowest BCUT2D eigenvalue weighted by Gasteiger charge is -2.41. The Morgan fingerprint density at radius 3 is 2.53 bits per heavy atom. The molecule has 3 aliphatic heterocycles. The summed E-state index contributed by atoms with van der Waals surface area (Å²) in [5, 5.41) is 15.0. The quantitative estimate of drug-likeness (QED) is 0.273. The van der Waals surface area contributed by atoms with Crippen molar-refractivity contribution in [2.75, 3.05) is 42.4 Å². The molecule has 3 aliphatic rings. The van der Waals surface area contributed by atoms with E-state index in [4.69, 9.17) is 20.7 Å². The van der Waals surface area contributed by atoms with Crippen LogP contribution in [0.5, 0.6) is 0 Å². The lowest BCUT2D eigenvalue weighted by atomic mass is 9.93. The molecule has 3 N–H and O–H groups in total. The SMILES string of the molecule is C=CC(=O)N1CCC[C@@H](N2N=C(c3ccc(C(=O)Nc4ccccc4)cc3)Cc3c(N)ncc(-c4cnn(C5CCOCC5)c4)c32)C1. The Hall–Kier alpha value is -5.29. The number of piperidine rings is 1. The number of aromatic nitrogens is 3. The van der Waals surface area contributed by atoms with E-state index in [-0.39, 0.29) is 23.9 Å². The molecule has 1 atom stereocenters. The Morgan fingerprint density at radius 1 is 0.979 bits per heavy atom. The number of likely N-dealkylation sites (tertiary alicyclic amines) is 1. The van der Waals surface area contributed by atoms with Crippen molar-refractivity contribution < 1.29 is 14.3 Å². The molecule has 0 unspecified atom stereocenters. The van der Waals surface area contributed by atoms with Gasteiger partial charge >= 0.3 is 0 Å². The number of nitrogens with one attached hydrogen (secondary N) is 1. The van der Waals surface area contributed by atoms with Crippen LogP contribution in [0.2, 0.25) is 0 Å². The van der Waals surface area contributed by atoms with Crippen molar-refractivity contribution >= 4 is 34.7 Å². The topological polar surface area (TPSA) is 131 Å². The second kappa shape index (κ2) is 13.2. The summed E-state index contributed by atoms with van der Waals surface area (Å²) >= 11 is 0. The summed E-state index contributed by atoms with van der Waals surface area (Å²) in [6.45, 7) is 6.34. The van der Waals surface area contributed by atoms with Gasteiger partial charge in [0.1, 0.15) is 5.82 Å². The maximum Gasteiger partial charge on any atom is 0.255 e. The number of nitrogens with zero attached hydrogens (tertiary/aromatic N) is 6. The highest BCUT2D eigenvalue weighted by atomic mass is 16.5. The van der Waals surface area contributed by atoms with Gasteiger partial charge in [-0.25, -0.2) is 4.98 Å². The van der Waals surface area contributed by atoms with E-state index in [0.717, 1.165) is 78.2 Å². The van der Waals surface area contributed by atoms with Crippen LogP contribution in [0.4, 0.5) is 17.2 Å². The van der Waals surface area contributed by atoms with Crippen LogP contribution in [0.25, 0.3) is 11.1 Å². The fourth-order valence-corrected chi connectivity index (χ4v) is 6.66. The Kier molecular flexibility index (Phi) is 8.54. The first-order chi connectivity index (χ1) is 23.0. The summed E-state index contributed by atoms with van der Waals surface area (Å²) < 4.78 is 7.59. The Labute approximate surface area is 273 Å². The van der Waals surface area contributed by atoms with Crippen LogP contribution in [0.1, 0.15) is 53.2 Å². The van der Waals surface area contributed by atoms with Gasteiger partial charge in [0.2, 0.25) is 5.91 Å². The first-order valence-corrected chi connectivity index (χ1v) is 16.1. The van der Waals surface area contributed by atoms with Crippen LogP contribution >= 0.6 is 0 Å². The third-order valence-electron chi connectivity index (χ3n) is 9.20. The second-order valence-electron chi connectivity index (χ2n) is 12.2. The van der Waals surface area contributed by atoms with Crippen LogP contribution < -0.4 is 16.1 Å². The number of fused-ring (bicyclic) bond motifs is 1. The van der Waals surface area contributed by atoms with Crippen molar-refractivity contribution in [3.8, 4) is 11.1 Å².